The number of rotatable bonds is 5. The molecule has 3 rings (SSSR count). The second-order valence-corrected chi connectivity index (χ2v) is 8.38. The highest BCUT2D eigenvalue weighted by Gasteiger charge is 2.28. The first-order valence-electron chi connectivity index (χ1n) is 8.99. The molecule has 31 heavy (non-hydrogen) atoms. The Bertz CT molecular complexity index is 1210. The summed E-state index contributed by atoms with van der Waals surface area (Å²) >= 11 is 18.5. The van der Waals surface area contributed by atoms with Crippen LogP contribution in [0.4, 0.5) is 0 Å². The summed E-state index contributed by atoms with van der Waals surface area (Å²) in [4.78, 5) is 15.6. The van der Waals surface area contributed by atoms with Crippen molar-refractivity contribution in [3.63, 3.8) is 0 Å². The molecule has 7 nitrogen and oxygen atoms in total. The maximum absolute atomic E-state index is 11.8. The first kappa shape index (κ1) is 22.6. The number of nitrogens with one attached hydrogen (secondary N) is 1. The van der Waals surface area contributed by atoms with Crippen molar-refractivity contribution >= 4 is 46.5 Å². The van der Waals surface area contributed by atoms with Gasteiger partial charge in [-0.05, 0) is 50.2 Å². The van der Waals surface area contributed by atoms with E-state index in [4.69, 9.17) is 40.5 Å². The SMILES string of the molecule is CC(C)(NC(=NC#N)c1cc(-c2ccc(Cl)cc2)n(-c2ccc(Cl)cc2Cl)n1)C(N)=O. The van der Waals surface area contributed by atoms with Crippen molar-refractivity contribution < 1.29 is 4.79 Å². The third-order valence-corrected chi connectivity index (χ3v) is 5.23. The Morgan fingerprint density at radius 3 is 2.35 bits per heavy atom. The van der Waals surface area contributed by atoms with Gasteiger partial charge in [-0.3, -0.25) is 4.79 Å². The van der Waals surface area contributed by atoms with Crippen LogP contribution in [-0.2, 0) is 4.79 Å². The van der Waals surface area contributed by atoms with E-state index >= 15 is 0 Å². The van der Waals surface area contributed by atoms with Crippen LogP contribution in [-0.4, -0.2) is 27.1 Å². The van der Waals surface area contributed by atoms with Crippen molar-refractivity contribution in [3.05, 3.63) is 69.3 Å². The lowest BCUT2D eigenvalue weighted by atomic mass is 10.0. The molecule has 2 aromatic carbocycles. The average Bonchev–Trinajstić information content (AvgIpc) is 3.13. The number of carbonyl (C=O) groups is 1. The summed E-state index contributed by atoms with van der Waals surface area (Å²) in [6.45, 7) is 3.16. The van der Waals surface area contributed by atoms with Crippen molar-refractivity contribution in [3.8, 4) is 23.1 Å². The van der Waals surface area contributed by atoms with Crippen LogP contribution < -0.4 is 11.1 Å². The smallest absolute Gasteiger partial charge is 0.242 e. The van der Waals surface area contributed by atoms with Gasteiger partial charge in [0.25, 0.3) is 0 Å². The number of nitrogens with zero attached hydrogens (tertiary/aromatic N) is 4. The van der Waals surface area contributed by atoms with E-state index in [-0.39, 0.29) is 5.84 Å². The largest absolute Gasteiger partial charge is 0.368 e. The zero-order valence-electron chi connectivity index (χ0n) is 16.5. The molecule has 1 aromatic heterocycles. The van der Waals surface area contributed by atoms with Gasteiger partial charge in [0.2, 0.25) is 12.1 Å². The van der Waals surface area contributed by atoms with Crippen molar-refractivity contribution in [2.45, 2.75) is 19.4 Å². The number of hydrogen-bond acceptors (Lipinski definition) is 4. The van der Waals surface area contributed by atoms with Crippen LogP contribution in [0.3, 0.4) is 0 Å². The summed E-state index contributed by atoms with van der Waals surface area (Å²) in [5.41, 5.74) is 6.60. The Kier molecular flexibility index (Phi) is 6.56. The van der Waals surface area contributed by atoms with E-state index in [1.54, 1.807) is 61.1 Å². The van der Waals surface area contributed by atoms with Gasteiger partial charge in [-0.2, -0.15) is 15.4 Å². The highest BCUT2D eigenvalue weighted by molar-refractivity contribution is 6.35. The normalized spacial score (nSPS) is 11.8. The lowest BCUT2D eigenvalue weighted by Gasteiger charge is -2.23. The van der Waals surface area contributed by atoms with E-state index in [0.717, 1.165) is 5.56 Å². The number of carbonyl (C=O) groups excluding carboxylic acids is 1. The predicted molar refractivity (Wildman–Crippen MR) is 123 cm³/mol. The van der Waals surface area contributed by atoms with Gasteiger partial charge in [0, 0.05) is 15.6 Å². The summed E-state index contributed by atoms with van der Waals surface area (Å²) in [5, 5.41) is 18.1. The highest BCUT2D eigenvalue weighted by Crippen LogP contribution is 2.30. The van der Waals surface area contributed by atoms with Crippen molar-refractivity contribution in [2.24, 2.45) is 10.7 Å². The van der Waals surface area contributed by atoms with Crippen molar-refractivity contribution in [1.29, 1.82) is 5.26 Å². The maximum Gasteiger partial charge on any atom is 0.242 e. The van der Waals surface area contributed by atoms with Crippen LogP contribution in [0.1, 0.15) is 19.5 Å². The van der Waals surface area contributed by atoms with Gasteiger partial charge >= 0.3 is 0 Å². The Labute approximate surface area is 194 Å². The molecule has 0 saturated heterocycles. The Morgan fingerprint density at radius 2 is 1.77 bits per heavy atom. The summed E-state index contributed by atoms with van der Waals surface area (Å²) in [5.74, 6) is -0.526. The second-order valence-electron chi connectivity index (χ2n) is 7.10. The fourth-order valence-corrected chi connectivity index (χ4v) is 3.33. The maximum atomic E-state index is 11.8. The molecule has 0 radical (unpaired) electrons. The molecule has 0 atom stereocenters. The Balaban J connectivity index is 2.21. The summed E-state index contributed by atoms with van der Waals surface area (Å²) in [6, 6.07) is 13.9. The molecule has 3 N–H and O–H groups in total. The van der Waals surface area contributed by atoms with Crippen molar-refractivity contribution in [1.82, 2.24) is 15.1 Å². The summed E-state index contributed by atoms with van der Waals surface area (Å²) < 4.78 is 1.60. The number of nitrogens with two attached hydrogens (primary N) is 1. The van der Waals surface area contributed by atoms with Gasteiger partial charge in [-0.25, -0.2) is 4.68 Å². The molecule has 0 fully saturated rings. The fraction of sp³-hybridized carbons (Fsp3) is 0.143. The third kappa shape index (κ3) is 5.00. The number of halogens is 3. The van der Waals surface area contributed by atoms with Gasteiger partial charge in [0.15, 0.2) is 5.84 Å². The second kappa shape index (κ2) is 8.98. The summed E-state index contributed by atoms with van der Waals surface area (Å²) in [7, 11) is 0. The molecule has 0 spiro atoms. The lowest BCUT2D eigenvalue weighted by Crippen LogP contribution is -2.53. The monoisotopic (exact) mass is 474 g/mol. The number of amidine groups is 1. The molecule has 1 amide bonds. The summed E-state index contributed by atoms with van der Waals surface area (Å²) in [6.07, 6.45) is 1.73. The van der Waals surface area contributed by atoms with Crippen LogP contribution in [0, 0.1) is 11.5 Å². The Hall–Kier alpha value is -3.05. The van der Waals surface area contributed by atoms with Gasteiger partial charge < -0.3 is 11.1 Å². The first-order valence-corrected chi connectivity index (χ1v) is 10.1. The van der Waals surface area contributed by atoms with Crippen LogP contribution in [0.25, 0.3) is 16.9 Å². The standard InChI is InChI=1S/C21H17Cl3N6O/c1-21(2,20(26)31)28-19(27-11-25)16-10-18(12-3-5-13(22)6-4-12)30(29-16)17-8-7-14(23)9-15(17)24/h3-10H,1-2H3,(H2,26,31)(H,27,28). The number of aromatic nitrogens is 2. The molecule has 0 aliphatic carbocycles. The highest BCUT2D eigenvalue weighted by atomic mass is 35.5. The molecule has 158 valence electrons. The topological polar surface area (TPSA) is 109 Å². The molecule has 1 heterocycles. The van der Waals surface area contributed by atoms with Gasteiger partial charge in [0.05, 0.1) is 16.4 Å². The van der Waals surface area contributed by atoms with Crippen LogP contribution in [0.5, 0.6) is 0 Å². The predicted octanol–water partition coefficient (Wildman–Crippen LogP) is 4.58. The number of hydrogen-bond donors (Lipinski definition) is 2. The van der Waals surface area contributed by atoms with E-state index in [2.05, 4.69) is 15.4 Å². The molecular formula is C21H17Cl3N6O. The number of primary amides is 1. The van der Waals surface area contributed by atoms with E-state index in [9.17, 15) is 10.1 Å². The minimum absolute atomic E-state index is 0.0883. The van der Waals surface area contributed by atoms with Gasteiger partial charge in [-0.1, -0.05) is 46.9 Å². The fourth-order valence-electron chi connectivity index (χ4n) is 2.72. The third-order valence-electron chi connectivity index (χ3n) is 4.44. The average molecular weight is 476 g/mol. The van der Waals surface area contributed by atoms with Crippen molar-refractivity contribution in [2.75, 3.05) is 0 Å². The van der Waals surface area contributed by atoms with Gasteiger partial charge in [-0.15, -0.1) is 0 Å². The zero-order chi connectivity index (χ0) is 22.8. The molecule has 0 bridgehead atoms. The Morgan fingerprint density at radius 1 is 1.13 bits per heavy atom. The zero-order valence-corrected chi connectivity index (χ0v) is 18.8. The molecular weight excluding hydrogens is 459 g/mol. The minimum atomic E-state index is -1.17. The quantitative estimate of drug-likeness (QED) is 0.320. The number of nitriles is 1. The van der Waals surface area contributed by atoms with Crippen LogP contribution >= 0.6 is 34.8 Å². The van der Waals surface area contributed by atoms with Gasteiger partial charge in [0.1, 0.15) is 11.2 Å². The minimum Gasteiger partial charge on any atom is -0.368 e. The molecule has 10 heteroatoms. The molecule has 0 aliphatic rings. The number of amides is 1. The van der Waals surface area contributed by atoms with Crippen LogP contribution in [0.15, 0.2) is 53.5 Å². The first-order chi connectivity index (χ1) is 14.6. The van der Waals surface area contributed by atoms with E-state index in [1.807, 2.05) is 12.1 Å². The molecule has 0 saturated carbocycles. The number of aliphatic imine (C=N–C) groups is 1. The molecule has 0 aliphatic heterocycles. The molecule has 3 aromatic rings. The van der Waals surface area contributed by atoms with E-state index in [0.29, 0.717) is 32.1 Å². The molecule has 0 unspecified atom stereocenters. The van der Waals surface area contributed by atoms with Crippen LogP contribution in [0.2, 0.25) is 15.1 Å². The lowest BCUT2D eigenvalue weighted by molar-refractivity contribution is -0.122. The number of benzene rings is 2. The van der Waals surface area contributed by atoms with E-state index < -0.39 is 11.4 Å². The van der Waals surface area contributed by atoms with E-state index in [1.165, 1.54) is 0 Å².